The van der Waals surface area contributed by atoms with Crippen LogP contribution in [0.3, 0.4) is 0 Å². The summed E-state index contributed by atoms with van der Waals surface area (Å²) in [5.74, 6) is 0.374. The number of aryl methyl sites for hydroxylation is 2. The number of sulfonamides is 1. The van der Waals surface area contributed by atoms with Gasteiger partial charge in [0.2, 0.25) is 5.89 Å². The van der Waals surface area contributed by atoms with Gasteiger partial charge >= 0.3 is 0 Å². The Balaban J connectivity index is 1.86. The lowest BCUT2D eigenvalue weighted by molar-refractivity contribution is 0.589. The van der Waals surface area contributed by atoms with Crippen LogP contribution in [-0.4, -0.2) is 13.4 Å². The smallest absolute Gasteiger partial charge is 0.262 e. The summed E-state index contributed by atoms with van der Waals surface area (Å²) in [4.78, 5) is 4.69. The van der Waals surface area contributed by atoms with Crippen LogP contribution >= 0.6 is 0 Å². The van der Waals surface area contributed by atoms with Gasteiger partial charge < -0.3 is 4.42 Å². The van der Waals surface area contributed by atoms with Gasteiger partial charge in [0.25, 0.3) is 10.0 Å². The van der Waals surface area contributed by atoms with Crippen LogP contribution in [0.1, 0.15) is 22.6 Å². The molecule has 5 nitrogen and oxygen atoms in total. The van der Waals surface area contributed by atoms with E-state index in [4.69, 9.17) is 4.42 Å². The zero-order valence-electron chi connectivity index (χ0n) is 12.6. The minimum Gasteiger partial charge on any atom is -0.437 e. The van der Waals surface area contributed by atoms with E-state index >= 15 is 0 Å². The Morgan fingerprint density at radius 3 is 2.70 bits per heavy atom. The first-order chi connectivity index (χ1) is 10.9. The first kappa shape index (κ1) is 14.0. The zero-order valence-corrected chi connectivity index (χ0v) is 13.4. The number of nitrogens with zero attached hydrogens (tertiary/aromatic N) is 1. The van der Waals surface area contributed by atoms with E-state index in [1.165, 1.54) is 0 Å². The molecule has 1 aliphatic heterocycles. The maximum absolute atomic E-state index is 12.1. The Labute approximate surface area is 133 Å². The lowest BCUT2D eigenvalue weighted by Crippen LogP contribution is -2.13. The lowest BCUT2D eigenvalue weighted by atomic mass is 10.1. The molecule has 116 valence electrons. The topological polar surface area (TPSA) is 72.2 Å². The van der Waals surface area contributed by atoms with Gasteiger partial charge in [-0.25, -0.2) is 13.4 Å². The van der Waals surface area contributed by atoms with E-state index in [0.29, 0.717) is 22.7 Å². The summed E-state index contributed by atoms with van der Waals surface area (Å²) in [6.45, 7) is 4.03. The monoisotopic (exact) mass is 326 g/mol. The highest BCUT2D eigenvalue weighted by Gasteiger charge is 2.29. The zero-order chi connectivity index (χ0) is 16.2. The minimum atomic E-state index is -3.51. The number of oxazole rings is 1. The molecule has 2 aromatic carbocycles. The normalized spacial score (nSPS) is 17.4. The van der Waals surface area contributed by atoms with E-state index in [0.717, 1.165) is 16.6 Å². The summed E-state index contributed by atoms with van der Waals surface area (Å²) in [5.41, 5.74) is 4.81. The van der Waals surface area contributed by atoms with E-state index in [-0.39, 0.29) is 4.90 Å². The van der Waals surface area contributed by atoms with Gasteiger partial charge in [0.1, 0.15) is 5.52 Å². The highest BCUT2D eigenvalue weighted by molar-refractivity contribution is 7.90. The SMILES string of the molecule is Cc1cc2nc(/C=C3\NS(=O)(=O)c4ccccc43)oc2cc1C. The fourth-order valence-electron chi connectivity index (χ4n) is 2.67. The molecule has 0 atom stereocenters. The average molecular weight is 326 g/mol. The second kappa shape index (κ2) is 4.70. The van der Waals surface area contributed by atoms with Crippen LogP contribution in [-0.2, 0) is 10.0 Å². The average Bonchev–Trinajstić information content (AvgIpc) is 2.99. The molecule has 3 aromatic rings. The van der Waals surface area contributed by atoms with Gasteiger partial charge in [-0.15, -0.1) is 0 Å². The molecule has 2 heterocycles. The van der Waals surface area contributed by atoms with Crippen molar-refractivity contribution in [1.29, 1.82) is 0 Å². The fourth-order valence-corrected chi connectivity index (χ4v) is 3.96. The summed E-state index contributed by atoms with van der Waals surface area (Å²) in [5, 5.41) is 0. The number of nitrogens with one attached hydrogen (secondary N) is 1. The second-order valence-electron chi connectivity index (χ2n) is 5.62. The largest absolute Gasteiger partial charge is 0.437 e. The maximum atomic E-state index is 12.1. The highest BCUT2D eigenvalue weighted by atomic mass is 32.2. The molecule has 1 N–H and O–H groups in total. The molecule has 0 spiro atoms. The van der Waals surface area contributed by atoms with Crippen molar-refractivity contribution in [2.45, 2.75) is 18.7 Å². The molecule has 0 saturated heterocycles. The molecule has 6 heteroatoms. The molecule has 0 saturated carbocycles. The van der Waals surface area contributed by atoms with Crippen LogP contribution in [0.25, 0.3) is 22.9 Å². The van der Waals surface area contributed by atoms with Crippen LogP contribution in [0, 0.1) is 13.8 Å². The molecule has 0 unspecified atom stereocenters. The molecule has 23 heavy (non-hydrogen) atoms. The number of rotatable bonds is 1. The van der Waals surface area contributed by atoms with Crippen molar-refractivity contribution >= 4 is 32.9 Å². The number of hydrogen-bond acceptors (Lipinski definition) is 4. The molecule has 4 rings (SSSR count). The van der Waals surface area contributed by atoms with Gasteiger partial charge in [0.05, 0.1) is 10.6 Å². The molecular formula is C17H14N2O3S. The van der Waals surface area contributed by atoms with Crippen molar-refractivity contribution in [3.05, 3.63) is 59.0 Å². The van der Waals surface area contributed by atoms with Crippen LogP contribution in [0.4, 0.5) is 0 Å². The van der Waals surface area contributed by atoms with E-state index < -0.39 is 10.0 Å². The first-order valence-corrected chi connectivity index (χ1v) is 8.64. The van der Waals surface area contributed by atoms with Crippen molar-refractivity contribution in [1.82, 2.24) is 9.71 Å². The number of hydrogen-bond donors (Lipinski definition) is 1. The molecule has 0 fully saturated rings. The van der Waals surface area contributed by atoms with Gasteiger partial charge in [-0.3, -0.25) is 4.72 Å². The van der Waals surface area contributed by atoms with Crippen LogP contribution in [0.5, 0.6) is 0 Å². The fraction of sp³-hybridized carbons (Fsp3) is 0.118. The third-order valence-electron chi connectivity index (χ3n) is 4.00. The minimum absolute atomic E-state index is 0.272. The maximum Gasteiger partial charge on any atom is 0.262 e. The Morgan fingerprint density at radius 2 is 1.87 bits per heavy atom. The molecule has 0 radical (unpaired) electrons. The Morgan fingerprint density at radius 1 is 1.13 bits per heavy atom. The molecule has 1 aromatic heterocycles. The standard InChI is InChI=1S/C17H14N2O3S/c1-10-7-14-15(8-11(10)2)22-17(18-14)9-13-12-5-3-4-6-16(12)23(20,21)19-13/h3-9,19H,1-2H3/b13-9-. The van der Waals surface area contributed by atoms with E-state index in [9.17, 15) is 8.42 Å². The predicted molar refractivity (Wildman–Crippen MR) is 88.1 cm³/mol. The van der Waals surface area contributed by atoms with E-state index in [1.807, 2.05) is 26.0 Å². The van der Waals surface area contributed by atoms with E-state index in [1.54, 1.807) is 30.3 Å². The van der Waals surface area contributed by atoms with Gasteiger partial charge in [-0.05, 0) is 43.2 Å². The summed E-state index contributed by atoms with van der Waals surface area (Å²) in [7, 11) is -3.51. The van der Waals surface area contributed by atoms with Crippen LogP contribution in [0.15, 0.2) is 45.7 Å². The van der Waals surface area contributed by atoms with Crippen molar-refractivity contribution in [3.8, 4) is 0 Å². The Hall–Kier alpha value is -2.60. The first-order valence-electron chi connectivity index (χ1n) is 7.16. The highest BCUT2D eigenvalue weighted by Crippen LogP contribution is 2.31. The van der Waals surface area contributed by atoms with Crippen LogP contribution in [0.2, 0.25) is 0 Å². The molecule has 0 bridgehead atoms. The number of aromatic nitrogens is 1. The summed E-state index contributed by atoms with van der Waals surface area (Å²) in [6.07, 6.45) is 1.62. The predicted octanol–water partition coefficient (Wildman–Crippen LogP) is 3.23. The van der Waals surface area contributed by atoms with Crippen LogP contribution < -0.4 is 4.72 Å². The number of fused-ring (bicyclic) bond motifs is 2. The third kappa shape index (κ3) is 2.22. The summed E-state index contributed by atoms with van der Waals surface area (Å²) < 4.78 is 32.5. The van der Waals surface area contributed by atoms with Crippen molar-refractivity contribution < 1.29 is 12.8 Å². The van der Waals surface area contributed by atoms with E-state index in [2.05, 4.69) is 9.71 Å². The molecule has 0 aliphatic carbocycles. The van der Waals surface area contributed by atoms with Crippen molar-refractivity contribution in [2.75, 3.05) is 0 Å². The van der Waals surface area contributed by atoms with Crippen molar-refractivity contribution in [2.24, 2.45) is 0 Å². The third-order valence-corrected chi connectivity index (χ3v) is 5.42. The van der Waals surface area contributed by atoms with Crippen molar-refractivity contribution in [3.63, 3.8) is 0 Å². The van der Waals surface area contributed by atoms with Gasteiger partial charge in [-0.2, -0.15) is 0 Å². The summed E-state index contributed by atoms with van der Waals surface area (Å²) in [6, 6.07) is 10.7. The van der Waals surface area contributed by atoms with Gasteiger partial charge in [0.15, 0.2) is 5.58 Å². The molecular weight excluding hydrogens is 312 g/mol. The van der Waals surface area contributed by atoms with Gasteiger partial charge in [-0.1, -0.05) is 18.2 Å². The lowest BCUT2D eigenvalue weighted by Gasteiger charge is -1.96. The quantitative estimate of drug-likeness (QED) is 0.745. The molecule has 0 amide bonds. The number of benzene rings is 2. The molecule has 1 aliphatic rings. The summed E-state index contributed by atoms with van der Waals surface area (Å²) >= 11 is 0. The van der Waals surface area contributed by atoms with Gasteiger partial charge in [0, 0.05) is 11.6 Å². The Kier molecular flexibility index (Phi) is 2.86. The second-order valence-corrected chi connectivity index (χ2v) is 7.27. The Bertz CT molecular complexity index is 1040.